The van der Waals surface area contributed by atoms with Gasteiger partial charge >= 0.3 is 0 Å². The lowest BCUT2D eigenvalue weighted by Crippen LogP contribution is -2.18. The van der Waals surface area contributed by atoms with Crippen LogP contribution in [0.3, 0.4) is 0 Å². The first-order valence-corrected chi connectivity index (χ1v) is 5.87. The summed E-state index contributed by atoms with van der Waals surface area (Å²) in [6.07, 6.45) is 3.69. The summed E-state index contributed by atoms with van der Waals surface area (Å²) in [7, 11) is 0. The van der Waals surface area contributed by atoms with Crippen molar-refractivity contribution in [1.82, 2.24) is 0 Å². The second-order valence-corrected chi connectivity index (χ2v) is 5.06. The van der Waals surface area contributed by atoms with Gasteiger partial charge in [-0.05, 0) is 35.6 Å². The van der Waals surface area contributed by atoms with Crippen LogP contribution in [0.4, 0.5) is 0 Å². The number of hydrogen-bond donors (Lipinski definition) is 0. The molecular weight excluding hydrogens is 212 g/mol. The fourth-order valence-corrected chi connectivity index (χ4v) is 1.92. The zero-order chi connectivity index (χ0) is 12.6. The van der Waals surface area contributed by atoms with Crippen molar-refractivity contribution in [2.24, 2.45) is 0 Å². The average molecular weight is 228 g/mol. The molecular formula is C15H16O2. The number of allylic oxidation sites excluding steroid dienone is 2. The van der Waals surface area contributed by atoms with E-state index in [1.54, 1.807) is 6.07 Å². The highest BCUT2D eigenvalue weighted by Crippen LogP contribution is 2.29. The number of carbonyl (C=O) groups excluding carboxylic acids is 2. The van der Waals surface area contributed by atoms with Crippen molar-refractivity contribution < 1.29 is 9.59 Å². The highest BCUT2D eigenvalue weighted by molar-refractivity contribution is 6.22. The Kier molecular flexibility index (Phi) is 2.74. The van der Waals surface area contributed by atoms with Gasteiger partial charge in [0.15, 0.2) is 11.6 Å². The second-order valence-electron chi connectivity index (χ2n) is 5.06. The predicted octanol–water partition coefficient (Wildman–Crippen LogP) is 3.31. The first-order valence-electron chi connectivity index (χ1n) is 5.87. The summed E-state index contributed by atoms with van der Waals surface area (Å²) in [5, 5.41) is 0. The molecule has 1 aliphatic rings. The van der Waals surface area contributed by atoms with Gasteiger partial charge in [0, 0.05) is 11.1 Å². The van der Waals surface area contributed by atoms with Crippen LogP contribution in [-0.4, -0.2) is 11.6 Å². The fraction of sp³-hybridized carbons (Fsp3) is 0.333. The third-order valence-corrected chi connectivity index (χ3v) is 3.60. The molecule has 0 heterocycles. The Morgan fingerprint density at radius 3 is 2.18 bits per heavy atom. The molecule has 1 aromatic rings. The van der Waals surface area contributed by atoms with Gasteiger partial charge in [-0.25, -0.2) is 0 Å². The summed E-state index contributed by atoms with van der Waals surface area (Å²) in [6, 6.07) is 5.58. The van der Waals surface area contributed by atoms with Crippen LogP contribution in [-0.2, 0) is 5.41 Å². The van der Waals surface area contributed by atoms with Crippen LogP contribution in [0.5, 0.6) is 0 Å². The van der Waals surface area contributed by atoms with E-state index < -0.39 is 0 Å². The van der Waals surface area contributed by atoms with Crippen LogP contribution in [0.1, 0.15) is 53.5 Å². The van der Waals surface area contributed by atoms with Crippen LogP contribution in [0.15, 0.2) is 30.4 Å². The first-order chi connectivity index (χ1) is 7.95. The molecule has 0 N–H and O–H groups in total. The zero-order valence-electron chi connectivity index (χ0n) is 10.4. The quantitative estimate of drug-likeness (QED) is 0.778. The molecule has 1 aliphatic carbocycles. The van der Waals surface area contributed by atoms with Crippen molar-refractivity contribution in [3.05, 3.63) is 47.0 Å². The standard InChI is InChI=1S/C15H16O2/c1-4-15(2,3)10-5-6-11-12(9-10)14(17)8-7-13(11)16/h5-9H,4H2,1-3H3. The molecule has 2 rings (SSSR count). The van der Waals surface area contributed by atoms with Gasteiger partial charge in [-0.3, -0.25) is 9.59 Å². The average Bonchev–Trinajstić information content (AvgIpc) is 2.33. The van der Waals surface area contributed by atoms with Gasteiger partial charge in [0.2, 0.25) is 0 Å². The summed E-state index contributed by atoms with van der Waals surface area (Å²) in [5.74, 6) is -0.159. The fourth-order valence-electron chi connectivity index (χ4n) is 1.92. The maximum absolute atomic E-state index is 11.8. The molecule has 0 unspecified atom stereocenters. The normalized spacial score (nSPS) is 15.0. The Morgan fingerprint density at radius 2 is 1.59 bits per heavy atom. The molecule has 2 heteroatoms. The number of rotatable bonds is 2. The van der Waals surface area contributed by atoms with Crippen LogP contribution in [0.2, 0.25) is 0 Å². The van der Waals surface area contributed by atoms with Crippen molar-refractivity contribution in [1.29, 1.82) is 0 Å². The molecule has 0 spiro atoms. The zero-order valence-corrected chi connectivity index (χ0v) is 10.4. The minimum absolute atomic E-state index is 0.0273. The Hall–Kier alpha value is -1.70. The lowest BCUT2D eigenvalue weighted by molar-refractivity contribution is 0.0994. The molecule has 88 valence electrons. The SMILES string of the molecule is CCC(C)(C)c1ccc2c(c1)C(=O)C=CC2=O. The van der Waals surface area contributed by atoms with E-state index in [1.807, 2.05) is 12.1 Å². The molecule has 0 saturated carbocycles. The maximum atomic E-state index is 11.8. The summed E-state index contributed by atoms with van der Waals surface area (Å²) in [5.41, 5.74) is 2.19. The molecule has 0 bridgehead atoms. The van der Waals surface area contributed by atoms with Crippen LogP contribution >= 0.6 is 0 Å². The van der Waals surface area contributed by atoms with Gasteiger partial charge in [-0.1, -0.05) is 32.9 Å². The second kappa shape index (κ2) is 3.95. The Labute approximate surface area is 101 Å². The molecule has 17 heavy (non-hydrogen) atoms. The summed E-state index contributed by atoms with van der Waals surface area (Å²) in [4.78, 5) is 23.4. The molecule has 2 nitrogen and oxygen atoms in total. The summed E-state index contributed by atoms with van der Waals surface area (Å²) >= 11 is 0. The first kappa shape index (κ1) is 11.8. The van der Waals surface area contributed by atoms with Crippen LogP contribution in [0, 0.1) is 0 Å². The van der Waals surface area contributed by atoms with Crippen molar-refractivity contribution in [2.45, 2.75) is 32.6 Å². The monoisotopic (exact) mass is 228 g/mol. The topological polar surface area (TPSA) is 34.1 Å². The van der Waals surface area contributed by atoms with E-state index in [2.05, 4.69) is 20.8 Å². The largest absolute Gasteiger partial charge is 0.289 e. The van der Waals surface area contributed by atoms with Crippen molar-refractivity contribution >= 4 is 11.6 Å². The van der Waals surface area contributed by atoms with Crippen molar-refractivity contribution in [3.63, 3.8) is 0 Å². The minimum atomic E-state index is -0.0829. The van der Waals surface area contributed by atoms with E-state index in [-0.39, 0.29) is 17.0 Å². The van der Waals surface area contributed by atoms with Crippen molar-refractivity contribution in [2.75, 3.05) is 0 Å². The lowest BCUT2D eigenvalue weighted by atomic mass is 9.79. The molecule has 0 radical (unpaired) electrons. The number of ketones is 2. The van der Waals surface area contributed by atoms with E-state index in [1.165, 1.54) is 12.2 Å². The smallest absolute Gasteiger partial charge is 0.186 e. The molecule has 0 saturated heterocycles. The molecule has 1 aromatic carbocycles. The maximum Gasteiger partial charge on any atom is 0.186 e. The molecule has 0 amide bonds. The van der Waals surface area contributed by atoms with Crippen LogP contribution < -0.4 is 0 Å². The number of hydrogen-bond acceptors (Lipinski definition) is 2. The third-order valence-electron chi connectivity index (χ3n) is 3.60. The number of fused-ring (bicyclic) bond motifs is 1. The Balaban J connectivity index is 2.56. The molecule has 0 aliphatic heterocycles. The Bertz CT molecular complexity index is 522. The van der Waals surface area contributed by atoms with E-state index in [4.69, 9.17) is 0 Å². The summed E-state index contributed by atoms with van der Waals surface area (Å²) in [6.45, 7) is 6.39. The van der Waals surface area contributed by atoms with Gasteiger partial charge in [-0.15, -0.1) is 0 Å². The Morgan fingerprint density at radius 1 is 1.00 bits per heavy atom. The third kappa shape index (κ3) is 1.95. The minimum Gasteiger partial charge on any atom is -0.289 e. The molecule has 0 atom stereocenters. The van der Waals surface area contributed by atoms with E-state index in [0.717, 1.165) is 12.0 Å². The van der Waals surface area contributed by atoms with Gasteiger partial charge in [-0.2, -0.15) is 0 Å². The molecule has 0 fully saturated rings. The highest BCUT2D eigenvalue weighted by atomic mass is 16.1. The highest BCUT2D eigenvalue weighted by Gasteiger charge is 2.23. The predicted molar refractivity (Wildman–Crippen MR) is 67.6 cm³/mol. The van der Waals surface area contributed by atoms with Crippen molar-refractivity contribution in [3.8, 4) is 0 Å². The van der Waals surface area contributed by atoms with E-state index in [9.17, 15) is 9.59 Å². The van der Waals surface area contributed by atoms with E-state index >= 15 is 0 Å². The van der Waals surface area contributed by atoms with Gasteiger partial charge in [0.25, 0.3) is 0 Å². The van der Waals surface area contributed by atoms with Gasteiger partial charge in [0.1, 0.15) is 0 Å². The summed E-state index contributed by atoms with van der Waals surface area (Å²) < 4.78 is 0. The van der Waals surface area contributed by atoms with Gasteiger partial charge < -0.3 is 0 Å². The van der Waals surface area contributed by atoms with Gasteiger partial charge in [0.05, 0.1) is 0 Å². The van der Waals surface area contributed by atoms with Crippen LogP contribution in [0.25, 0.3) is 0 Å². The lowest BCUT2D eigenvalue weighted by Gasteiger charge is -2.24. The number of carbonyl (C=O) groups is 2. The number of benzene rings is 1. The molecule has 0 aromatic heterocycles. The van der Waals surface area contributed by atoms with E-state index in [0.29, 0.717) is 11.1 Å².